The number of aromatic carboxylic acids is 1. The molecule has 6 nitrogen and oxygen atoms in total. The summed E-state index contributed by atoms with van der Waals surface area (Å²) >= 11 is 0. The Morgan fingerprint density at radius 1 is 1.19 bits per heavy atom. The first-order valence-corrected chi connectivity index (χ1v) is 6.40. The molecule has 0 fully saturated rings. The number of carboxylic acids is 1. The van der Waals surface area contributed by atoms with Gasteiger partial charge in [-0.3, -0.25) is 0 Å². The molecule has 1 aromatic heterocycles. The fraction of sp³-hybridized carbons (Fsp3) is 0.267. The number of carboxylic acid groups (broad SMARTS) is 1. The van der Waals surface area contributed by atoms with Gasteiger partial charge in [0.15, 0.2) is 5.82 Å². The Morgan fingerprint density at radius 2 is 1.81 bits per heavy atom. The summed E-state index contributed by atoms with van der Waals surface area (Å²) in [5.74, 6) is 0.0356. The summed E-state index contributed by atoms with van der Waals surface area (Å²) in [5, 5.41) is 17.5. The van der Waals surface area contributed by atoms with Crippen molar-refractivity contribution in [1.82, 2.24) is 10.2 Å². The van der Waals surface area contributed by atoms with E-state index in [1.807, 2.05) is 12.1 Å². The highest BCUT2D eigenvalue weighted by Gasteiger charge is 2.21. The SMILES string of the molecule is COc1ccc(N(C)c2nnc(C)c(C)c2C(=O)O)cc1. The Bertz CT molecular complexity index is 669. The van der Waals surface area contributed by atoms with E-state index >= 15 is 0 Å². The summed E-state index contributed by atoms with van der Waals surface area (Å²) in [6, 6.07) is 7.28. The van der Waals surface area contributed by atoms with Crippen LogP contribution in [0.5, 0.6) is 5.75 Å². The molecule has 6 heteroatoms. The zero-order valence-corrected chi connectivity index (χ0v) is 12.4. The second kappa shape index (κ2) is 5.78. The van der Waals surface area contributed by atoms with Crippen LogP contribution in [-0.4, -0.2) is 35.4 Å². The van der Waals surface area contributed by atoms with Crippen LogP contribution in [0.25, 0.3) is 0 Å². The molecule has 1 heterocycles. The summed E-state index contributed by atoms with van der Waals surface area (Å²) in [5.41, 5.74) is 2.20. The van der Waals surface area contributed by atoms with Gasteiger partial charge in [-0.25, -0.2) is 4.79 Å². The number of ether oxygens (including phenoxy) is 1. The zero-order valence-electron chi connectivity index (χ0n) is 12.4. The first kappa shape index (κ1) is 14.8. The van der Waals surface area contributed by atoms with E-state index in [2.05, 4.69) is 10.2 Å². The lowest BCUT2D eigenvalue weighted by Gasteiger charge is -2.21. The van der Waals surface area contributed by atoms with Crippen molar-refractivity contribution in [2.45, 2.75) is 13.8 Å². The minimum Gasteiger partial charge on any atom is -0.497 e. The number of hydrogen-bond donors (Lipinski definition) is 1. The van der Waals surface area contributed by atoms with Crippen molar-refractivity contribution in [2.75, 3.05) is 19.1 Å². The Labute approximate surface area is 123 Å². The van der Waals surface area contributed by atoms with Crippen LogP contribution in [-0.2, 0) is 0 Å². The fourth-order valence-electron chi connectivity index (χ4n) is 2.01. The lowest BCUT2D eigenvalue weighted by atomic mass is 10.1. The lowest BCUT2D eigenvalue weighted by molar-refractivity contribution is 0.0696. The predicted octanol–water partition coefficient (Wildman–Crippen LogP) is 2.57. The minimum absolute atomic E-state index is 0.167. The highest BCUT2D eigenvalue weighted by molar-refractivity contribution is 5.96. The molecule has 0 saturated carbocycles. The number of hydrogen-bond acceptors (Lipinski definition) is 5. The molecule has 110 valence electrons. The molecule has 0 aliphatic carbocycles. The molecule has 0 spiro atoms. The Balaban J connectivity index is 2.49. The molecule has 0 amide bonds. The summed E-state index contributed by atoms with van der Waals surface area (Å²) in [4.78, 5) is 13.2. The van der Waals surface area contributed by atoms with Crippen molar-refractivity contribution in [2.24, 2.45) is 0 Å². The van der Waals surface area contributed by atoms with Crippen molar-refractivity contribution in [3.05, 3.63) is 41.1 Å². The number of methoxy groups -OCH3 is 1. The van der Waals surface area contributed by atoms with Gasteiger partial charge in [0.25, 0.3) is 0 Å². The summed E-state index contributed by atoms with van der Waals surface area (Å²) in [6.07, 6.45) is 0. The third-order valence-corrected chi connectivity index (χ3v) is 3.43. The molecule has 0 saturated heterocycles. The zero-order chi connectivity index (χ0) is 15.6. The molecule has 0 aliphatic rings. The van der Waals surface area contributed by atoms with Crippen molar-refractivity contribution >= 4 is 17.5 Å². The summed E-state index contributed by atoms with van der Waals surface area (Å²) in [6.45, 7) is 3.48. The molecule has 0 unspecified atom stereocenters. The van der Waals surface area contributed by atoms with Crippen molar-refractivity contribution < 1.29 is 14.6 Å². The second-order valence-electron chi connectivity index (χ2n) is 4.67. The Morgan fingerprint density at radius 3 is 2.33 bits per heavy atom. The number of anilines is 2. The molecular weight excluding hydrogens is 270 g/mol. The van der Waals surface area contributed by atoms with Gasteiger partial charge in [-0.05, 0) is 43.7 Å². The van der Waals surface area contributed by atoms with Crippen LogP contribution in [0.15, 0.2) is 24.3 Å². The minimum atomic E-state index is -1.01. The number of benzene rings is 1. The van der Waals surface area contributed by atoms with E-state index in [0.717, 1.165) is 11.4 Å². The number of carbonyl (C=O) groups is 1. The van der Waals surface area contributed by atoms with Gasteiger partial charge < -0.3 is 14.7 Å². The van der Waals surface area contributed by atoms with Crippen LogP contribution >= 0.6 is 0 Å². The van der Waals surface area contributed by atoms with Gasteiger partial charge in [0.05, 0.1) is 12.8 Å². The predicted molar refractivity (Wildman–Crippen MR) is 79.5 cm³/mol. The number of aryl methyl sites for hydroxylation is 1. The molecule has 0 radical (unpaired) electrons. The monoisotopic (exact) mass is 287 g/mol. The largest absolute Gasteiger partial charge is 0.497 e. The molecule has 2 aromatic rings. The fourth-order valence-corrected chi connectivity index (χ4v) is 2.01. The van der Waals surface area contributed by atoms with E-state index in [-0.39, 0.29) is 5.56 Å². The number of rotatable bonds is 4. The number of aromatic nitrogens is 2. The maximum Gasteiger partial charge on any atom is 0.339 e. The highest BCUT2D eigenvalue weighted by atomic mass is 16.5. The summed E-state index contributed by atoms with van der Waals surface area (Å²) < 4.78 is 5.11. The maximum absolute atomic E-state index is 11.5. The average molecular weight is 287 g/mol. The van der Waals surface area contributed by atoms with Crippen LogP contribution in [0.1, 0.15) is 21.6 Å². The topological polar surface area (TPSA) is 75.5 Å². The molecule has 21 heavy (non-hydrogen) atoms. The van der Waals surface area contributed by atoms with Gasteiger partial charge in [-0.15, -0.1) is 5.10 Å². The van der Waals surface area contributed by atoms with E-state index < -0.39 is 5.97 Å². The van der Waals surface area contributed by atoms with Gasteiger partial charge in [0.2, 0.25) is 0 Å². The maximum atomic E-state index is 11.5. The third-order valence-electron chi connectivity index (χ3n) is 3.43. The first-order valence-electron chi connectivity index (χ1n) is 6.40. The molecule has 0 bridgehead atoms. The average Bonchev–Trinajstić information content (AvgIpc) is 2.48. The highest BCUT2D eigenvalue weighted by Crippen LogP contribution is 2.28. The van der Waals surface area contributed by atoms with E-state index in [4.69, 9.17) is 4.74 Å². The molecule has 2 rings (SSSR count). The van der Waals surface area contributed by atoms with Gasteiger partial charge in [0, 0.05) is 12.7 Å². The van der Waals surface area contributed by atoms with Crippen LogP contribution in [0.4, 0.5) is 11.5 Å². The van der Waals surface area contributed by atoms with Crippen LogP contribution in [0.2, 0.25) is 0 Å². The van der Waals surface area contributed by atoms with Gasteiger partial charge in [0.1, 0.15) is 11.3 Å². The van der Waals surface area contributed by atoms with Gasteiger partial charge in [-0.2, -0.15) is 5.10 Å². The van der Waals surface area contributed by atoms with Crippen LogP contribution < -0.4 is 9.64 Å². The van der Waals surface area contributed by atoms with Crippen molar-refractivity contribution in [3.63, 3.8) is 0 Å². The van der Waals surface area contributed by atoms with E-state index in [1.165, 1.54) is 0 Å². The van der Waals surface area contributed by atoms with E-state index in [1.54, 1.807) is 45.0 Å². The standard InChI is InChI=1S/C15H17N3O3/c1-9-10(2)16-17-14(13(9)15(19)20)18(3)11-5-7-12(21-4)8-6-11/h5-8H,1-4H3,(H,19,20). The van der Waals surface area contributed by atoms with Crippen molar-refractivity contribution in [1.29, 1.82) is 0 Å². The number of nitrogens with zero attached hydrogens (tertiary/aromatic N) is 3. The Hall–Kier alpha value is -2.63. The molecule has 1 aromatic carbocycles. The molecule has 1 N–H and O–H groups in total. The van der Waals surface area contributed by atoms with Crippen LogP contribution in [0, 0.1) is 13.8 Å². The molecule has 0 aliphatic heterocycles. The van der Waals surface area contributed by atoms with E-state index in [0.29, 0.717) is 17.1 Å². The second-order valence-corrected chi connectivity index (χ2v) is 4.67. The van der Waals surface area contributed by atoms with Gasteiger partial charge >= 0.3 is 5.97 Å². The summed E-state index contributed by atoms with van der Waals surface area (Å²) in [7, 11) is 3.35. The van der Waals surface area contributed by atoms with Crippen molar-refractivity contribution in [3.8, 4) is 5.75 Å². The smallest absolute Gasteiger partial charge is 0.339 e. The third kappa shape index (κ3) is 2.79. The molecular formula is C15H17N3O3. The van der Waals surface area contributed by atoms with Gasteiger partial charge in [-0.1, -0.05) is 0 Å². The van der Waals surface area contributed by atoms with E-state index in [9.17, 15) is 9.90 Å². The Kier molecular flexibility index (Phi) is 4.07. The normalized spacial score (nSPS) is 10.3. The quantitative estimate of drug-likeness (QED) is 0.931. The molecule has 0 atom stereocenters. The van der Waals surface area contributed by atoms with Crippen LogP contribution in [0.3, 0.4) is 0 Å². The first-order chi connectivity index (χ1) is 9.95. The lowest BCUT2D eigenvalue weighted by Crippen LogP contribution is -2.18.